The fourth-order valence-electron chi connectivity index (χ4n) is 2.47. The van der Waals surface area contributed by atoms with Gasteiger partial charge in [0.1, 0.15) is 0 Å². The third-order valence-electron chi connectivity index (χ3n) is 3.60. The number of Topliss-reactive ketones (excluding diaryl/α,β-unsaturated/α-hetero) is 1. The zero-order chi connectivity index (χ0) is 16.2. The van der Waals surface area contributed by atoms with Crippen molar-refractivity contribution in [3.8, 4) is 0 Å². The predicted octanol–water partition coefficient (Wildman–Crippen LogP) is 0.199. The summed E-state index contributed by atoms with van der Waals surface area (Å²) in [6, 6.07) is 0. The number of halogens is 1. The van der Waals surface area contributed by atoms with Gasteiger partial charge < -0.3 is 4.74 Å². The monoisotopic (exact) mass is 368 g/mol. The van der Waals surface area contributed by atoms with E-state index in [-0.39, 0.29) is 23.1 Å². The van der Waals surface area contributed by atoms with Crippen molar-refractivity contribution in [1.29, 1.82) is 0 Å². The number of carbonyl (C=O) groups excluding carboxylic acids is 1. The maximum Gasteiger partial charge on any atom is 0.332 e. The standard InChI is InChI=1S/C13H13BrN4O4/c1-6-4-7(14)9(19)12(22-6)18-5-15-8-10(18)16(2)13(21)17(3)11(8)20/h4-6,12H,1-3H3/t6-,12-/m1/s1. The van der Waals surface area contributed by atoms with Crippen LogP contribution in [-0.4, -0.2) is 30.6 Å². The van der Waals surface area contributed by atoms with Gasteiger partial charge in [-0.2, -0.15) is 0 Å². The molecule has 0 amide bonds. The molecule has 2 aromatic heterocycles. The number of aromatic nitrogens is 4. The molecule has 2 aromatic rings. The van der Waals surface area contributed by atoms with E-state index >= 15 is 0 Å². The van der Waals surface area contributed by atoms with Gasteiger partial charge >= 0.3 is 5.69 Å². The van der Waals surface area contributed by atoms with E-state index in [4.69, 9.17) is 4.74 Å². The number of fused-ring (bicyclic) bond motifs is 1. The maximum absolute atomic E-state index is 12.3. The summed E-state index contributed by atoms with van der Waals surface area (Å²) in [5, 5.41) is 0. The number of aryl methyl sites for hydroxylation is 1. The lowest BCUT2D eigenvalue weighted by molar-refractivity contribution is -0.136. The Balaban J connectivity index is 2.30. The SMILES string of the molecule is C[C@@H]1C=C(Br)C(=O)[C@H](n2cnc3c(=O)n(C)c(=O)n(C)c32)O1. The van der Waals surface area contributed by atoms with E-state index in [1.54, 1.807) is 13.0 Å². The van der Waals surface area contributed by atoms with Gasteiger partial charge in [0.15, 0.2) is 11.2 Å². The number of nitrogens with zero attached hydrogens (tertiary/aromatic N) is 4. The Kier molecular flexibility index (Phi) is 3.41. The number of imidazole rings is 1. The minimum Gasteiger partial charge on any atom is -0.343 e. The van der Waals surface area contributed by atoms with Gasteiger partial charge in [-0.3, -0.25) is 23.3 Å². The molecule has 0 fully saturated rings. The predicted molar refractivity (Wildman–Crippen MR) is 81.8 cm³/mol. The number of carbonyl (C=O) groups is 1. The average Bonchev–Trinajstić information content (AvgIpc) is 2.91. The van der Waals surface area contributed by atoms with Gasteiger partial charge in [0.05, 0.1) is 16.9 Å². The molecule has 0 unspecified atom stereocenters. The van der Waals surface area contributed by atoms with Crippen molar-refractivity contribution in [2.75, 3.05) is 0 Å². The minimum atomic E-state index is -0.975. The van der Waals surface area contributed by atoms with Crippen molar-refractivity contribution in [3.05, 3.63) is 37.7 Å². The van der Waals surface area contributed by atoms with Crippen LogP contribution in [0.1, 0.15) is 13.2 Å². The first kappa shape index (κ1) is 14.9. The van der Waals surface area contributed by atoms with Crippen molar-refractivity contribution in [2.24, 2.45) is 14.1 Å². The van der Waals surface area contributed by atoms with E-state index in [0.29, 0.717) is 4.48 Å². The molecular weight excluding hydrogens is 356 g/mol. The molecule has 0 N–H and O–H groups in total. The Morgan fingerprint density at radius 3 is 2.59 bits per heavy atom. The number of hydrogen-bond donors (Lipinski definition) is 0. The molecule has 116 valence electrons. The Bertz CT molecular complexity index is 936. The Morgan fingerprint density at radius 1 is 1.23 bits per heavy atom. The Hall–Kier alpha value is -2.00. The van der Waals surface area contributed by atoms with Crippen LogP contribution in [0.3, 0.4) is 0 Å². The largest absolute Gasteiger partial charge is 0.343 e. The van der Waals surface area contributed by atoms with E-state index in [9.17, 15) is 14.4 Å². The van der Waals surface area contributed by atoms with Crippen molar-refractivity contribution in [1.82, 2.24) is 18.7 Å². The molecule has 0 spiro atoms. The quantitative estimate of drug-likeness (QED) is 0.717. The van der Waals surface area contributed by atoms with Gasteiger partial charge in [-0.1, -0.05) is 0 Å². The van der Waals surface area contributed by atoms with E-state index in [1.807, 2.05) is 0 Å². The van der Waals surface area contributed by atoms with Crippen LogP contribution in [-0.2, 0) is 23.6 Å². The molecule has 0 bridgehead atoms. The zero-order valence-electron chi connectivity index (χ0n) is 12.1. The summed E-state index contributed by atoms with van der Waals surface area (Å²) in [5.74, 6) is -0.300. The third-order valence-corrected chi connectivity index (χ3v) is 4.26. The number of ether oxygens (including phenoxy) is 1. The fourth-order valence-corrected chi connectivity index (χ4v) is 3.04. The highest BCUT2D eigenvalue weighted by Crippen LogP contribution is 2.28. The molecule has 2 atom stereocenters. The van der Waals surface area contributed by atoms with Gasteiger partial charge in [-0.15, -0.1) is 0 Å². The molecule has 3 heterocycles. The lowest BCUT2D eigenvalue weighted by Gasteiger charge is -2.25. The van der Waals surface area contributed by atoms with Crippen molar-refractivity contribution in [3.63, 3.8) is 0 Å². The summed E-state index contributed by atoms with van der Waals surface area (Å²) in [6.07, 6.45) is 1.72. The summed E-state index contributed by atoms with van der Waals surface area (Å²) < 4.78 is 9.68. The molecule has 0 aliphatic carbocycles. The van der Waals surface area contributed by atoms with Crippen LogP contribution in [0, 0.1) is 0 Å². The van der Waals surface area contributed by atoms with Crippen molar-refractivity contribution >= 4 is 32.9 Å². The number of hydrogen-bond acceptors (Lipinski definition) is 5. The van der Waals surface area contributed by atoms with Crippen LogP contribution >= 0.6 is 15.9 Å². The smallest absolute Gasteiger partial charge is 0.332 e. The number of rotatable bonds is 1. The van der Waals surface area contributed by atoms with Crippen LogP contribution in [0.25, 0.3) is 11.2 Å². The van der Waals surface area contributed by atoms with Crippen molar-refractivity contribution < 1.29 is 9.53 Å². The highest BCUT2D eigenvalue weighted by Gasteiger charge is 2.32. The lowest BCUT2D eigenvalue weighted by Crippen LogP contribution is -2.38. The molecule has 9 heteroatoms. The minimum absolute atomic E-state index is 0.110. The summed E-state index contributed by atoms with van der Waals surface area (Å²) >= 11 is 3.21. The number of ketones is 1. The topological polar surface area (TPSA) is 88.1 Å². The summed E-state index contributed by atoms with van der Waals surface area (Å²) in [6.45, 7) is 1.79. The first-order valence-electron chi connectivity index (χ1n) is 6.52. The third kappa shape index (κ3) is 2.00. The second-order valence-corrected chi connectivity index (χ2v) is 5.96. The molecule has 0 saturated carbocycles. The Labute approximate surface area is 132 Å². The van der Waals surface area contributed by atoms with Gasteiger partial charge in [-0.05, 0) is 28.9 Å². The van der Waals surface area contributed by atoms with Crippen LogP contribution in [0.5, 0.6) is 0 Å². The summed E-state index contributed by atoms with van der Waals surface area (Å²) in [5.41, 5.74) is -0.645. The zero-order valence-corrected chi connectivity index (χ0v) is 13.7. The molecule has 1 aliphatic rings. The van der Waals surface area contributed by atoms with Crippen LogP contribution in [0.15, 0.2) is 26.5 Å². The molecule has 0 saturated heterocycles. The van der Waals surface area contributed by atoms with Crippen LogP contribution < -0.4 is 11.2 Å². The second-order valence-electron chi connectivity index (χ2n) is 5.10. The van der Waals surface area contributed by atoms with E-state index < -0.39 is 17.5 Å². The average molecular weight is 369 g/mol. The summed E-state index contributed by atoms with van der Waals surface area (Å²) in [4.78, 5) is 40.6. The lowest BCUT2D eigenvalue weighted by atomic mass is 10.2. The van der Waals surface area contributed by atoms with Gasteiger partial charge in [0, 0.05) is 14.1 Å². The van der Waals surface area contributed by atoms with Gasteiger partial charge in [-0.25, -0.2) is 9.78 Å². The highest BCUT2D eigenvalue weighted by molar-refractivity contribution is 9.12. The fraction of sp³-hybridized carbons (Fsp3) is 0.385. The molecule has 1 aliphatic heterocycles. The van der Waals surface area contributed by atoms with Crippen molar-refractivity contribution in [2.45, 2.75) is 19.3 Å². The van der Waals surface area contributed by atoms with Crippen LogP contribution in [0.2, 0.25) is 0 Å². The van der Waals surface area contributed by atoms with E-state index in [0.717, 1.165) is 4.57 Å². The first-order chi connectivity index (χ1) is 10.3. The molecule has 0 radical (unpaired) electrons. The molecule has 8 nitrogen and oxygen atoms in total. The molecule has 3 rings (SSSR count). The second kappa shape index (κ2) is 5.03. The normalized spacial score (nSPS) is 22.2. The Morgan fingerprint density at radius 2 is 1.91 bits per heavy atom. The molecule has 0 aromatic carbocycles. The molecular formula is C13H13BrN4O4. The summed E-state index contributed by atoms with van der Waals surface area (Å²) in [7, 11) is 2.90. The maximum atomic E-state index is 12.3. The van der Waals surface area contributed by atoms with Crippen LogP contribution in [0.4, 0.5) is 0 Å². The van der Waals surface area contributed by atoms with Gasteiger partial charge in [0.25, 0.3) is 5.56 Å². The van der Waals surface area contributed by atoms with Gasteiger partial charge in [0.2, 0.25) is 12.0 Å². The first-order valence-corrected chi connectivity index (χ1v) is 7.31. The van der Waals surface area contributed by atoms with E-state index in [2.05, 4.69) is 20.9 Å². The highest BCUT2D eigenvalue weighted by atomic mass is 79.9. The molecule has 22 heavy (non-hydrogen) atoms. The van der Waals surface area contributed by atoms with E-state index in [1.165, 1.54) is 29.6 Å².